The van der Waals surface area contributed by atoms with Crippen LogP contribution in [0.5, 0.6) is 0 Å². The molecular formula is C25H28N4O2S2. The molecule has 0 spiro atoms. The predicted octanol–water partition coefficient (Wildman–Crippen LogP) is 4.52. The number of nitrogens with zero attached hydrogens (tertiary/aromatic N) is 3. The molecule has 8 heteroatoms. The number of thiocarbonyl (C=S) groups is 1. The van der Waals surface area contributed by atoms with Crippen molar-refractivity contribution in [3.8, 4) is 0 Å². The molecule has 172 valence electrons. The Balaban J connectivity index is 1.35. The van der Waals surface area contributed by atoms with E-state index in [-0.39, 0.29) is 12.1 Å². The van der Waals surface area contributed by atoms with E-state index in [1.54, 1.807) is 11.8 Å². The standard InChI is InChI=1S/C25H28N4O2S2/c32-25-27-23(20-9-4-5-12-26-20)24(29(25)14-6-13-28-15-17-30-18-16-28)21-10-11-22(31-21)33-19-7-2-1-3-8-19/h1-5,7-12,23-24H,6,13-18H2,(H,27,32)/t23-,24-/m0/s1. The van der Waals surface area contributed by atoms with E-state index in [1.165, 1.54) is 0 Å². The second kappa shape index (κ2) is 10.7. The van der Waals surface area contributed by atoms with Crippen LogP contribution in [0, 0.1) is 0 Å². The highest BCUT2D eigenvalue weighted by atomic mass is 32.2. The molecule has 6 nitrogen and oxygen atoms in total. The summed E-state index contributed by atoms with van der Waals surface area (Å²) < 4.78 is 11.8. The van der Waals surface area contributed by atoms with Crippen LogP contribution in [0.2, 0.25) is 0 Å². The molecule has 0 aliphatic carbocycles. The molecule has 2 aromatic heterocycles. The van der Waals surface area contributed by atoms with Gasteiger partial charge in [-0.05, 0) is 55.0 Å². The highest BCUT2D eigenvalue weighted by molar-refractivity contribution is 7.99. The van der Waals surface area contributed by atoms with Crippen LogP contribution in [0.1, 0.15) is 30.0 Å². The first-order chi connectivity index (χ1) is 16.3. The Morgan fingerprint density at radius 3 is 2.61 bits per heavy atom. The minimum absolute atomic E-state index is 0.0396. The van der Waals surface area contributed by atoms with Gasteiger partial charge in [0.2, 0.25) is 0 Å². The van der Waals surface area contributed by atoms with Gasteiger partial charge in [-0.3, -0.25) is 9.88 Å². The van der Waals surface area contributed by atoms with Crippen LogP contribution in [-0.2, 0) is 4.74 Å². The second-order valence-electron chi connectivity index (χ2n) is 8.20. The summed E-state index contributed by atoms with van der Waals surface area (Å²) in [6.45, 7) is 5.54. The van der Waals surface area contributed by atoms with E-state index in [2.05, 4.69) is 44.4 Å². The Labute approximate surface area is 204 Å². The zero-order chi connectivity index (χ0) is 22.5. The van der Waals surface area contributed by atoms with Gasteiger partial charge < -0.3 is 19.4 Å². The Morgan fingerprint density at radius 1 is 1.00 bits per heavy atom. The first-order valence-corrected chi connectivity index (χ1v) is 12.6. The van der Waals surface area contributed by atoms with Crippen molar-refractivity contribution in [3.05, 3.63) is 78.3 Å². The smallest absolute Gasteiger partial charge is 0.170 e. The number of pyridine rings is 1. The van der Waals surface area contributed by atoms with Gasteiger partial charge in [-0.25, -0.2) is 0 Å². The quantitative estimate of drug-likeness (QED) is 0.473. The molecule has 33 heavy (non-hydrogen) atoms. The Morgan fingerprint density at radius 2 is 1.82 bits per heavy atom. The fourth-order valence-electron chi connectivity index (χ4n) is 4.40. The van der Waals surface area contributed by atoms with E-state index >= 15 is 0 Å². The van der Waals surface area contributed by atoms with Crippen molar-refractivity contribution in [1.29, 1.82) is 0 Å². The molecule has 1 N–H and O–H groups in total. The van der Waals surface area contributed by atoms with Crippen LogP contribution in [0.25, 0.3) is 0 Å². The normalized spacial score (nSPS) is 21.3. The zero-order valence-corrected chi connectivity index (χ0v) is 20.1. The fourth-order valence-corrected chi connectivity index (χ4v) is 5.53. The van der Waals surface area contributed by atoms with Gasteiger partial charge in [-0.1, -0.05) is 36.0 Å². The van der Waals surface area contributed by atoms with E-state index in [4.69, 9.17) is 21.4 Å². The zero-order valence-electron chi connectivity index (χ0n) is 18.4. The van der Waals surface area contributed by atoms with E-state index in [0.29, 0.717) is 0 Å². The van der Waals surface area contributed by atoms with Crippen LogP contribution in [0.4, 0.5) is 0 Å². The summed E-state index contributed by atoms with van der Waals surface area (Å²) in [5.41, 5.74) is 0.967. The van der Waals surface area contributed by atoms with Gasteiger partial charge in [-0.15, -0.1) is 0 Å². The maximum Gasteiger partial charge on any atom is 0.170 e. The third-order valence-electron chi connectivity index (χ3n) is 6.03. The van der Waals surface area contributed by atoms with E-state index < -0.39 is 0 Å². The number of rotatable bonds is 8. The summed E-state index contributed by atoms with van der Waals surface area (Å²) in [6.07, 6.45) is 2.86. The molecule has 2 atom stereocenters. The summed E-state index contributed by atoms with van der Waals surface area (Å²) in [4.78, 5) is 10.5. The number of aromatic nitrogens is 1. The Bertz CT molecular complexity index is 1040. The molecule has 2 fully saturated rings. The molecule has 0 saturated carbocycles. The van der Waals surface area contributed by atoms with Gasteiger partial charge in [0.1, 0.15) is 11.8 Å². The van der Waals surface area contributed by atoms with Crippen molar-refractivity contribution in [2.45, 2.75) is 28.5 Å². The van der Waals surface area contributed by atoms with Gasteiger partial charge in [0.15, 0.2) is 10.2 Å². The third kappa shape index (κ3) is 5.41. The lowest BCUT2D eigenvalue weighted by atomic mass is 10.0. The first kappa shape index (κ1) is 22.4. The molecule has 2 saturated heterocycles. The van der Waals surface area contributed by atoms with Crippen LogP contribution >= 0.6 is 24.0 Å². The third-order valence-corrected chi connectivity index (χ3v) is 7.31. The van der Waals surface area contributed by atoms with Crippen molar-refractivity contribution in [2.75, 3.05) is 39.4 Å². The number of nitrogens with one attached hydrogen (secondary N) is 1. The van der Waals surface area contributed by atoms with Crippen molar-refractivity contribution >= 4 is 29.1 Å². The van der Waals surface area contributed by atoms with Gasteiger partial charge in [-0.2, -0.15) is 0 Å². The molecular weight excluding hydrogens is 452 g/mol. The maximum absolute atomic E-state index is 6.37. The van der Waals surface area contributed by atoms with Gasteiger partial charge >= 0.3 is 0 Å². The van der Waals surface area contributed by atoms with Crippen LogP contribution < -0.4 is 5.32 Å². The van der Waals surface area contributed by atoms with Crippen molar-refractivity contribution in [2.24, 2.45) is 0 Å². The first-order valence-electron chi connectivity index (χ1n) is 11.4. The van der Waals surface area contributed by atoms with Gasteiger partial charge in [0.05, 0.1) is 24.9 Å². The number of morpholine rings is 1. The number of furan rings is 1. The highest BCUT2D eigenvalue weighted by Gasteiger charge is 2.41. The number of ether oxygens (including phenoxy) is 1. The lowest BCUT2D eigenvalue weighted by Crippen LogP contribution is -2.38. The molecule has 1 aromatic carbocycles. The minimum atomic E-state index is -0.0530. The molecule has 0 bridgehead atoms. The average molecular weight is 481 g/mol. The molecule has 0 radical (unpaired) electrons. The predicted molar refractivity (Wildman–Crippen MR) is 133 cm³/mol. The maximum atomic E-state index is 6.37. The van der Waals surface area contributed by atoms with Gasteiger partial charge in [0, 0.05) is 37.3 Å². The van der Waals surface area contributed by atoms with Gasteiger partial charge in [0.25, 0.3) is 0 Å². The SMILES string of the molecule is S=C1N[C@@H](c2ccccn2)[C@H](c2ccc(Sc3ccccc3)o2)N1CCCN1CCOCC1. The topological polar surface area (TPSA) is 53.8 Å². The number of hydrogen-bond donors (Lipinski definition) is 1. The van der Waals surface area contributed by atoms with Crippen molar-refractivity contribution in [1.82, 2.24) is 20.1 Å². The Hall–Kier alpha value is -2.39. The van der Waals surface area contributed by atoms with Crippen molar-refractivity contribution < 1.29 is 9.15 Å². The summed E-state index contributed by atoms with van der Waals surface area (Å²) in [5.74, 6) is 0.905. The molecule has 5 rings (SSSR count). The Kier molecular flexibility index (Phi) is 7.26. The van der Waals surface area contributed by atoms with E-state index in [0.717, 1.165) is 72.4 Å². The molecule has 2 aliphatic rings. The largest absolute Gasteiger partial charge is 0.452 e. The van der Waals surface area contributed by atoms with Crippen LogP contribution in [0.15, 0.2) is 81.3 Å². The average Bonchev–Trinajstić information content (AvgIpc) is 3.45. The summed E-state index contributed by atoms with van der Waals surface area (Å²) in [6, 6.07) is 20.3. The van der Waals surface area contributed by atoms with Crippen molar-refractivity contribution in [3.63, 3.8) is 0 Å². The molecule has 0 unspecified atom stereocenters. The number of benzene rings is 1. The summed E-state index contributed by atoms with van der Waals surface area (Å²) >= 11 is 7.41. The lowest BCUT2D eigenvalue weighted by molar-refractivity contribution is 0.0365. The molecule has 3 aromatic rings. The molecule has 2 aliphatic heterocycles. The summed E-state index contributed by atoms with van der Waals surface area (Å²) in [7, 11) is 0. The fraction of sp³-hybridized carbons (Fsp3) is 0.360. The minimum Gasteiger partial charge on any atom is -0.452 e. The summed E-state index contributed by atoms with van der Waals surface area (Å²) in [5, 5.41) is 5.14. The monoisotopic (exact) mass is 480 g/mol. The lowest BCUT2D eigenvalue weighted by Gasteiger charge is -2.29. The number of hydrogen-bond acceptors (Lipinski definition) is 6. The molecule has 0 amide bonds. The second-order valence-corrected chi connectivity index (χ2v) is 9.66. The van der Waals surface area contributed by atoms with E-state index in [9.17, 15) is 0 Å². The van der Waals surface area contributed by atoms with Crippen LogP contribution in [0.3, 0.4) is 0 Å². The van der Waals surface area contributed by atoms with Crippen LogP contribution in [-0.4, -0.2) is 59.3 Å². The van der Waals surface area contributed by atoms with E-state index in [1.807, 2.05) is 42.6 Å². The molecule has 4 heterocycles. The highest BCUT2D eigenvalue weighted by Crippen LogP contribution is 2.41.